The third kappa shape index (κ3) is 3.81. The summed E-state index contributed by atoms with van der Waals surface area (Å²) >= 11 is 0. The maximum absolute atomic E-state index is 11.9. The maximum Gasteiger partial charge on any atom is 0.224 e. The summed E-state index contributed by atoms with van der Waals surface area (Å²) in [5.41, 5.74) is 8.11. The van der Waals surface area contributed by atoms with E-state index in [4.69, 9.17) is 5.73 Å². The van der Waals surface area contributed by atoms with Crippen molar-refractivity contribution in [3.63, 3.8) is 0 Å². The van der Waals surface area contributed by atoms with Crippen molar-refractivity contribution in [3.8, 4) is 0 Å². The number of hydrogen-bond donors (Lipinski definition) is 2. The smallest absolute Gasteiger partial charge is 0.224 e. The third-order valence-corrected chi connectivity index (χ3v) is 2.82. The van der Waals surface area contributed by atoms with Gasteiger partial charge in [-0.25, -0.2) is 0 Å². The zero-order valence-corrected chi connectivity index (χ0v) is 10.8. The molecule has 98 valence electrons. The van der Waals surface area contributed by atoms with Crippen molar-refractivity contribution in [2.24, 2.45) is 0 Å². The molecule has 2 rings (SSSR count). The van der Waals surface area contributed by atoms with Crippen LogP contribution in [0, 0.1) is 0 Å². The van der Waals surface area contributed by atoms with Crippen LogP contribution in [0.1, 0.15) is 24.2 Å². The lowest BCUT2D eigenvalue weighted by atomic mass is 10.1. The third-order valence-electron chi connectivity index (χ3n) is 2.82. The van der Waals surface area contributed by atoms with Crippen molar-refractivity contribution in [2.45, 2.75) is 19.4 Å². The molecule has 1 amide bonds. The minimum atomic E-state index is -0.102. The monoisotopic (exact) mass is 255 g/mol. The van der Waals surface area contributed by atoms with E-state index >= 15 is 0 Å². The largest absolute Gasteiger partial charge is 0.399 e. The van der Waals surface area contributed by atoms with Crippen LogP contribution in [0.15, 0.2) is 48.7 Å². The van der Waals surface area contributed by atoms with Gasteiger partial charge in [0.15, 0.2) is 0 Å². The van der Waals surface area contributed by atoms with Crippen LogP contribution in [0.2, 0.25) is 0 Å². The molecule has 1 aromatic heterocycles. The molecule has 0 aliphatic rings. The fourth-order valence-corrected chi connectivity index (χ4v) is 1.89. The molecule has 0 unspecified atom stereocenters. The number of aromatic nitrogens is 1. The zero-order valence-electron chi connectivity index (χ0n) is 10.8. The van der Waals surface area contributed by atoms with Crippen LogP contribution in [-0.2, 0) is 11.2 Å². The molecule has 0 fully saturated rings. The minimum Gasteiger partial charge on any atom is -0.399 e. The first-order chi connectivity index (χ1) is 9.15. The molecule has 3 N–H and O–H groups in total. The standard InChI is InChI=1S/C15H17N3O/c1-11(14-7-2-3-8-17-14)18-15(19)10-12-5-4-6-13(16)9-12/h2-9,11H,10,16H2,1H3,(H,18,19)/t11-/m0/s1. The molecular formula is C15H17N3O. The van der Waals surface area contributed by atoms with Gasteiger partial charge >= 0.3 is 0 Å². The number of pyridine rings is 1. The molecule has 0 saturated heterocycles. The number of hydrogen-bond acceptors (Lipinski definition) is 3. The van der Waals surface area contributed by atoms with Crippen LogP contribution in [0.25, 0.3) is 0 Å². The quantitative estimate of drug-likeness (QED) is 0.822. The van der Waals surface area contributed by atoms with E-state index in [9.17, 15) is 4.79 Å². The number of benzene rings is 1. The number of anilines is 1. The predicted octanol–water partition coefficient (Wildman–Crippen LogP) is 2.08. The van der Waals surface area contributed by atoms with Crippen molar-refractivity contribution >= 4 is 11.6 Å². The van der Waals surface area contributed by atoms with Crippen molar-refractivity contribution in [1.29, 1.82) is 0 Å². The van der Waals surface area contributed by atoms with Crippen LogP contribution >= 0.6 is 0 Å². The summed E-state index contributed by atoms with van der Waals surface area (Å²) in [4.78, 5) is 16.1. The van der Waals surface area contributed by atoms with E-state index in [1.54, 1.807) is 12.3 Å². The second kappa shape index (κ2) is 6.00. The summed E-state index contributed by atoms with van der Waals surface area (Å²) < 4.78 is 0. The Morgan fingerprint density at radius 1 is 1.32 bits per heavy atom. The highest BCUT2D eigenvalue weighted by molar-refractivity contribution is 5.79. The molecule has 1 atom stereocenters. The lowest BCUT2D eigenvalue weighted by Crippen LogP contribution is -2.28. The Labute approximate surface area is 112 Å². The number of carbonyl (C=O) groups is 1. The number of nitrogens with two attached hydrogens (primary N) is 1. The summed E-state index contributed by atoms with van der Waals surface area (Å²) in [6, 6.07) is 12.9. The Morgan fingerprint density at radius 3 is 2.84 bits per heavy atom. The Morgan fingerprint density at radius 2 is 2.16 bits per heavy atom. The summed E-state index contributed by atoms with van der Waals surface area (Å²) in [5.74, 6) is -0.0382. The van der Waals surface area contributed by atoms with Crippen LogP contribution < -0.4 is 11.1 Å². The van der Waals surface area contributed by atoms with E-state index in [2.05, 4.69) is 10.3 Å². The molecular weight excluding hydrogens is 238 g/mol. The van der Waals surface area contributed by atoms with Gasteiger partial charge in [-0.3, -0.25) is 9.78 Å². The van der Waals surface area contributed by atoms with Gasteiger partial charge in [0, 0.05) is 11.9 Å². The van der Waals surface area contributed by atoms with Gasteiger partial charge in [-0.05, 0) is 36.8 Å². The summed E-state index contributed by atoms with van der Waals surface area (Å²) in [6.07, 6.45) is 2.04. The molecule has 0 aliphatic carbocycles. The summed E-state index contributed by atoms with van der Waals surface area (Å²) in [5, 5.41) is 2.92. The molecule has 1 aromatic carbocycles. The van der Waals surface area contributed by atoms with Crippen LogP contribution in [0.3, 0.4) is 0 Å². The van der Waals surface area contributed by atoms with Gasteiger partial charge in [0.25, 0.3) is 0 Å². The zero-order chi connectivity index (χ0) is 13.7. The molecule has 0 bridgehead atoms. The second-order valence-corrected chi connectivity index (χ2v) is 4.47. The van der Waals surface area contributed by atoms with Crippen LogP contribution in [0.4, 0.5) is 5.69 Å². The summed E-state index contributed by atoms with van der Waals surface area (Å²) in [6.45, 7) is 1.92. The fraction of sp³-hybridized carbons (Fsp3) is 0.200. The van der Waals surface area contributed by atoms with E-state index in [1.165, 1.54) is 0 Å². The molecule has 0 spiro atoms. The van der Waals surface area contributed by atoms with E-state index in [0.29, 0.717) is 12.1 Å². The molecule has 1 heterocycles. The first-order valence-electron chi connectivity index (χ1n) is 6.20. The average Bonchev–Trinajstić information content (AvgIpc) is 2.39. The fourth-order valence-electron chi connectivity index (χ4n) is 1.89. The Bertz CT molecular complexity index is 554. The van der Waals surface area contributed by atoms with Crippen molar-refractivity contribution < 1.29 is 4.79 Å². The molecule has 4 nitrogen and oxygen atoms in total. The molecule has 0 aliphatic heterocycles. The van der Waals surface area contributed by atoms with Gasteiger partial charge < -0.3 is 11.1 Å². The first-order valence-corrected chi connectivity index (χ1v) is 6.20. The topological polar surface area (TPSA) is 68.0 Å². The number of carbonyl (C=O) groups excluding carboxylic acids is 1. The van der Waals surface area contributed by atoms with Crippen molar-refractivity contribution in [2.75, 3.05) is 5.73 Å². The molecule has 2 aromatic rings. The number of rotatable bonds is 4. The number of amides is 1. The SMILES string of the molecule is C[C@H](NC(=O)Cc1cccc(N)c1)c1ccccn1. The van der Waals surface area contributed by atoms with Gasteiger partial charge in [-0.2, -0.15) is 0 Å². The first kappa shape index (κ1) is 13.1. The van der Waals surface area contributed by atoms with Gasteiger partial charge in [-0.1, -0.05) is 18.2 Å². The lowest BCUT2D eigenvalue weighted by Gasteiger charge is -2.13. The van der Waals surface area contributed by atoms with Gasteiger partial charge in [0.05, 0.1) is 18.2 Å². The Hall–Kier alpha value is -2.36. The maximum atomic E-state index is 11.9. The normalized spacial score (nSPS) is 11.8. The predicted molar refractivity (Wildman–Crippen MR) is 75.4 cm³/mol. The van der Waals surface area contributed by atoms with Crippen LogP contribution in [-0.4, -0.2) is 10.9 Å². The Kier molecular flexibility index (Phi) is 4.13. The van der Waals surface area contributed by atoms with Crippen molar-refractivity contribution in [1.82, 2.24) is 10.3 Å². The highest BCUT2D eigenvalue weighted by Crippen LogP contribution is 2.10. The van der Waals surface area contributed by atoms with Crippen LogP contribution in [0.5, 0.6) is 0 Å². The molecule has 4 heteroatoms. The van der Waals surface area contributed by atoms with Gasteiger partial charge in [0.2, 0.25) is 5.91 Å². The molecule has 0 saturated carbocycles. The van der Waals surface area contributed by atoms with E-state index in [0.717, 1.165) is 11.3 Å². The molecule has 19 heavy (non-hydrogen) atoms. The highest BCUT2D eigenvalue weighted by Gasteiger charge is 2.10. The van der Waals surface area contributed by atoms with E-state index in [1.807, 2.05) is 43.3 Å². The lowest BCUT2D eigenvalue weighted by molar-refractivity contribution is -0.121. The minimum absolute atomic E-state index is 0.0382. The number of nitrogens with one attached hydrogen (secondary N) is 1. The van der Waals surface area contributed by atoms with Crippen molar-refractivity contribution in [3.05, 3.63) is 59.9 Å². The number of nitrogens with zero attached hydrogens (tertiary/aromatic N) is 1. The Balaban J connectivity index is 1.95. The van der Waals surface area contributed by atoms with Gasteiger partial charge in [-0.15, -0.1) is 0 Å². The van der Waals surface area contributed by atoms with E-state index < -0.39 is 0 Å². The average molecular weight is 255 g/mol. The van der Waals surface area contributed by atoms with Gasteiger partial charge in [0.1, 0.15) is 0 Å². The second-order valence-electron chi connectivity index (χ2n) is 4.47. The molecule has 0 radical (unpaired) electrons. The highest BCUT2D eigenvalue weighted by atomic mass is 16.1. The number of nitrogen functional groups attached to an aromatic ring is 1. The summed E-state index contributed by atoms with van der Waals surface area (Å²) in [7, 11) is 0. The van der Waals surface area contributed by atoms with E-state index in [-0.39, 0.29) is 11.9 Å².